The second-order valence-electron chi connectivity index (χ2n) is 3.15. The van der Waals surface area contributed by atoms with Gasteiger partial charge in [0, 0.05) is 0 Å². The van der Waals surface area contributed by atoms with Gasteiger partial charge in [0.05, 0.1) is 6.61 Å². The van der Waals surface area contributed by atoms with Crippen LogP contribution in [-0.4, -0.2) is 23.1 Å². The van der Waals surface area contributed by atoms with E-state index in [-0.39, 0.29) is 45.9 Å². The maximum atomic E-state index is 12.6. The molecule has 0 heterocycles. The molecular weight excluding hydrogens is 295 g/mol. The smallest absolute Gasteiger partial charge is 1.00 e. The molecule has 0 N–H and O–H groups in total. The first-order valence-electron chi connectivity index (χ1n) is 4.68. The van der Waals surface area contributed by atoms with Gasteiger partial charge >= 0.3 is 23.1 Å². The van der Waals surface area contributed by atoms with Crippen LogP contribution in [0.5, 0.6) is 5.75 Å². The summed E-state index contributed by atoms with van der Waals surface area (Å²) >= 11 is 0. The first-order valence-corrected chi connectivity index (χ1v) is 4.68. The standard InChI is InChI=1S/C13H10FO.BrH.Mg/c14-12-6-8-13(9-7-12)15-10-11-4-2-1-3-5-11;;/h1-2,4-9H,10H2;1H;/q-1;;+2/p-1. The van der Waals surface area contributed by atoms with Crippen molar-refractivity contribution in [2.75, 3.05) is 0 Å². The van der Waals surface area contributed by atoms with Crippen LogP contribution in [0.4, 0.5) is 4.39 Å². The van der Waals surface area contributed by atoms with Crippen LogP contribution in [0, 0.1) is 11.9 Å². The molecule has 1 nitrogen and oxygen atoms in total. The first kappa shape index (κ1) is 16.4. The summed E-state index contributed by atoms with van der Waals surface area (Å²) in [5, 5.41) is 0. The molecule has 2 aromatic rings. The summed E-state index contributed by atoms with van der Waals surface area (Å²) in [6.07, 6.45) is 0. The minimum absolute atomic E-state index is 0. The number of benzene rings is 2. The molecule has 2 aromatic carbocycles. The van der Waals surface area contributed by atoms with E-state index in [9.17, 15) is 4.39 Å². The molecule has 17 heavy (non-hydrogen) atoms. The SMILES string of the molecule is Fc1ccc(OCc2c[c-]ccc2)cc1.[Br-].[Mg+2]. The monoisotopic (exact) mass is 304 g/mol. The normalized spacial score (nSPS) is 8.76. The molecule has 0 aliphatic rings. The summed E-state index contributed by atoms with van der Waals surface area (Å²) in [4.78, 5) is 0. The topological polar surface area (TPSA) is 9.23 Å². The van der Waals surface area contributed by atoms with E-state index < -0.39 is 0 Å². The van der Waals surface area contributed by atoms with Crippen molar-refractivity contribution in [3.63, 3.8) is 0 Å². The van der Waals surface area contributed by atoms with Gasteiger partial charge in [-0.25, -0.2) is 4.39 Å². The summed E-state index contributed by atoms with van der Waals surface area (Å²) in [5.41, 5.74) is 1.04. The maximum Gasteiger partial charge on any atom is 2.00 e. The largest absolute Gasteiger partial charge is 2.00 e. The molecule has 4 heteroatoms. The molecule has 0 aliphatic carbocycles. The van der Waals surface area contributed by atoms with E-state index in [1.54, 1.807) is 12.1 Å². The minimum atomic E-state index is -0.254. The Balaban J connectivity index is 0.00000128. The van der Waals surface area contributed by atoms with Crippen LogP contribution in [0.15, 0.2) is 48.5 Å². The zero-order chi connectivity index (χ0) is 10.5. The van der Waals surface area contributed by atoms with Gasteiger partial charge in [0.2, 0.25) is 0 Å². The fourth-order valence-electron chi connectivity index (χ4n) is 1.22. The fraction of sp³-hybridized carbons (Fsp3) is 0.0769. The summed E-state index contributed by atoms with van der Waals surface area (Å²) in [5.74, 6) is 0.413. The summed E-state index contributed by atoms with van der Waals surface area (Å²) in [6.45, 7) is 0.475. The van der Waals surface area contributed by atoms with Crippen molar-refractivity contribution in [2.24, 2.45) is 0 Å². The number of ether oxygens (including phenoxy) is 1. The number of halogens is 2. The third-order valence-corrected chi connectivity index (χ3v) is 1.99. The zero-order valence-corrected chi connectivity index (χ0v) is 12.2. The van der Waals surface area contributed by atoms with Gasteiger partial charge in [-0.3, -0.25) is 0 Å². The predicted octanol–water partition coefficient (Wildman–Crippen LogP) is -0.172. The van der Waals surface area contributed by atoms with Crippen molar-refractivity contribution in [1.29, 1.82) is 0 Å². The van der Waals surface area contributed by atoms with Crippen molar-refractivity contribution < 1.29 is 26.1 Å². The molecule has 0 atom stereocenters. The average molecular weight is 305 g/mol. The molecule has 0 aromatic heterocycles. The van der Waals surface area contributed by atoms with Gasteiger partial charge in [-0.15, -0.1) is 5.56 Å². The Kier molecular flexibility index (Phi) is 8.21. The number of hydrogen-bond donors (Lipinski definition) is 0. The van der Waals surface area contributed by atoms with Crippen molar-refractivity contribution >= 4 is 23.1 Å². The molecule has 2 rings (SSSR count). The van der Waals surface area contributed by atoms with Crippen LogP contribution in [0.1, 0.15) is 5.56 Å². The molecule has 0 saturated heterocycles. The number of rotatable bonds is 3. The zero-order valence-electron chi connectivity index (χ0n) is 9.20. The van der Waals surface area contributed by atoms with Gasteiger partial charge in [-0.1, -0.05) is 0 Å². The molecule has 84 valence electrons. The minimum Gasteiger partial charge on any atom is -1.00 e. The van der Waals surface area contributed by atoms with Crippen molar-refractivity contribution in [3.8, 4) is 5.75 Å². The molecule has 0 fully saturated rings. The second-order valence-corrected chi connectivity index (χ2v) is 3.15. The van der Waals surface area contributed by atoms with Crippen LogP contribution in [0.3, 0.4) is 0 Å². The molecule has 0 aliphatic heterocycles. The molecule has 0 bridgehead atoms. The Morgan fingerprint density at radius 3 is 2.41 bits per heavy atom. The third kappa shape index (κ3) is 5.52. The molecule has 0 saturated carbocycles. The van der Waals surface area contributed by atoms with Gasteiger partial charge < -0.3 is 21.7 Å². The average Bonchev–Trinajstić information content (AvgIpc) is 2.30. The first-order chi connectivity index (χ1) is 7.34. The van der Waals surface area contributed by atoms with Crippen LogP contribution >= 0.6 is 0 Å². The Morgan fingerprint density at radius 2 is 1.82 bits per heavy atom. The molecule has 0 spiro atoms. The van der Waals surface area contributed by atoms with Crippen molar-refractivity contribution in [1.82, 2.24) is 0 Å². The van der Waals surface area contributed by atoms with E-state index in [2.05, 4.69) is 6.07 Å². The van der Waals surface area contributed by atoms with Gasteiger partial charge in [0.25, 0.3) is 0 Å². The second kappa shape index (κ2) is 8.50. The van der Waals surface area contributed by atoms with Crippen LogP contribution in [0.2, 0.25) is 0 Å². The van der Waals surface area contributed by atoms with Crippen molar-refractivity contribution in [3.05, 3.63) is 66.0 Å². The quantitative estimate of drug-likeness (QED) is 0.565. The van der Waals surface area contributed by atoms with Gasteiger partial charge in [0.15, 0.2) is 0 Å². The Labute approximate surface area is 127 Å². The van der Waals surface area contributed by atoms with E-state index in [4.69, 9.17) is 4.74 Å². The van der Waals surface area contributed by atoms with E-state index in [1.165, 1.54) is 12.1 Å². The van der Waals surface area contributed by atoms with Crippen LogP contribution < -0.4 is 21.7 Å². The fourth-order valence-corrected chi connectivity index (χ4v) is 1.22. The summed E-state index contributed by atoms with van der Waals surface area (Å²) in [7, 11) is 0. The Morgan fingerprint density at radius 1 is 1.12 bits per heavy atom. The molecular formula is C13H10BrFMgO. The Bertz CT molecular complexity index is 419. The predicted molar refractivity (Wildman–Crippen MR) is 61.8 cm³/mol. The van der Waals surface area contributed by atoms with Crippen molar-refractivity contribution in [2.45, 2.75) is 6.61 Å². The van der Waals surface area contributed by atoms with E-state index in [0.29, 0.717) is 12.4 Å². The third-order valence-electron chi connectivity index (χ3n) is 1.99. The van der Waals surface area contributed by atoms with E-state index in [1.807, 2.05) is 24.3 Å². The molecule has 0 unspecified atom stereocenters. The van der Waals surface area contributed by atoms with Crippen LogP contribution in [-0.2, 0) is 6.61 Å². The number of hydrogen-bond acceptors (Lipinski definition) is 1. The molecule has 0 radical (unpaired) electrons. The maximum absolute atomic E-state index is 12.6. The van der Waals surface area contributed by atoms with E-state index >= 15 is 0 Å². The van der Waals surface area contributed by atoms with Crippen LogP contribution in [0.25, 0.3) is 0 Å². The summed E-state index contributed by atoms with van der Waals surface area (Å²) in [6, 6.07) is 16.5. The van der Waals surface area contributed by atoms with Gasteiger partial charge in [-0.05, 0) is 24.3 Å². The van der Waals surface area contributed by atoms with E-state index in [0.717, 1.165) is 5.56 Å². The Hall–Kier alpha value is -0.584. The van der Waals surface area contributed by atoms with Gasteiger partial charge in [-0.2, -0.15) is 30.3 Å². The van der Waals surface area contributed by atoms with Gasteiger partial charge in [0.1, 0.15) is 11.6 Å². The molecule has 0 amide bonds. The summed E-state index contributed by atoms with van der Waals surface area (Å²) < 4.78 is 18.0.